The minimum Gasteiger partial charge on any atom is -0.472 e. The van der Waals surface area contributed by atoms with Crippen molar-refractivity contribution in [1.29, 1.82) is 0 Å². The molecule has 4 aromatic rings. The Morgan fingerprint density at radius 1 is 1.42 bits per heavy atom. The van der Waals surface area contributed by atoms with Crippen LogP contribution in [0.15, 0.2) is 43.4 Å². The molecule has 0 unspecified atom stereocenters. The van der Waals surface area contributed by atoms with Gasteiger partial charge in [-0.3, -0.25) is 5.10 Å². The molecule has 0 amide bonds. The van der Waals surface area contributed by atoms with Crippen LogP contribution in [0.4, 0.5) is 0 Å². The normalized spacial score (nSPS) is 11.0. The Labute approximate surface area is 141 Å². The summed E-state index contributed by atoms with van der Waals surface area (Å²) in [6.45, 7) is 6.03. The van der Waals surface area contributed by atoms with E-state index < -0.39 is 0 Å². The average molecular weight is 338 g/mol. The van der Waals surface area contributed by atoms with Crippen LogP contribution >= 0.6 is 11.3 Å². The van der Waals surface area contributed by atoms with E-state index in [0.717, 1.165) is 26.7 Å². The molecular formula is C16H14N6OS. The number of aromatic amines is 1. The van der Waals surface area contributed by atoms with Crippen molar-refractivity contribution in [3.05, 3.63) is 49.1 Å². The van der Waals surface area contributed by atoms with Crippen LogP contribution in [-0.2, 0) is 0 Å². The zero-order valence-corrected chi connectivity index (χ0v) is 13.7. The molecular weight excluding hydrogens is 324 g/mol. The molecule has 0 fully saturated rings. The first kappa shape index (κ1) is 14.6. The van der Waals surface area contributed by atoms with Crippen LogP contribution in [0.25, 0.3) is 26.8 Å². The number of aromatic nitrogens is 6. The van der Waals surface area contributed by atoms with Gasteiger partial charge in [-0.05, 0) is 19.1 Å². The summed E-state index contributed by atoms with van der Waals surface area (Å²) in [4.78, 5) is 9.68. The quantitative estimate of drug-likeness (QED) is 0.566. The van der Waals surface area contributed by atoms with E-state index >= 15 is 0 Å². The van der Waals surface area contributed by atoms with Crippen molar-refractivity contribution in [3.63, 3.8) is 0 Å². The standard InChI is InChI=1S/C16H14N6OS/c1-3-8-23-15-13(14-17-9-18-20-14)24-16(19-15)12-10(2)21-22-7-5-4-6-11(12)22/h3-7,9H,1,8H2,2H3,(H,17,18,20). The first-order valence-electron chi connectivity index (χ1n) is 7.32. The summed E-state index contributed by atoms with van der Waals surface area (Å²) >= 11 is 1.50. The third-order valence-corrected chi connectivity index (χ3v) is 4.55. The Balaban J connectivity index is 1.89. The van der Waals surface area contributed by atoms with Crippen molar-refractivity contribution >= 4 is 16.9 Å². The lowest BCUT2D eigenvalue weighted by atomic mass is 10.2. The van der Waals surface area contributed by atoms with Crippen LogP contribution in [0, 0.1) is 6.92 Å². The van der Waals surface area contributed by atoms with E-state index in [4.69, 9.17) is 4.74 Å². The zero-order valence-electron chi connectivity index (χ0n) is 12.9. The van der Waals surface area contributed by atoms with Gasteiger partial charge < -0.3 is 4.74 Å². The number of H-pyrrole nitrogens is 1. The molecule has 0 aliphatic heterocycles. The Morgan fingerprint density at radius 3 is 3.12 bits per heavy atom. The van der Waals surface area contributed by atoms with Gasteiger partial charge in [-0.15, -0.1) is 11.3 Å². The van der Waals surface area contributed by atoms with Gasteiger partial charge >= 0.3 is 0 Å². The first-order valence-corrected chi connectivity index (χ1v) is 8.14. The largest absolute Gasteiger partial charge is 0.472 e. The van der Waals surface area contributed by atoms with Gasteiger partial charge in [0.1, 0.15) is 22.8 Å². The van der Waals surface area contributed by atoms with E-state index in [2.05, 4.69) is 31.8 Å². The van der Waals surface area contributed by atoms with Gasteiger partial charge in [0, 0.05) is 6.20 Å². The second-order valence-corrected chi connectivity index (χ2v) is 6.08. The smallest absolute Gasteiger partial charge is 0.236 e. The SMILES string of the molecule is C=CCOc1nc(-c2c(C)nn3ccccc23)sc1-c1ncn[nH]1. The van der Waals surface area contributed by atoms with Crippen LogP contribution in [0.1, 0.15) is 5.69 Å². The number of rotatable bonds is 5. The lowest BCUT2D eigenvalue weighted by Gasteiger charge is -1.99. The first-order chi connectivity index (χ1) is 11.8. The molecule has 0 aliphatic rings. The van der Waals surface area contributed by atoms with Crippen molar-refractivity contribution in [2.45, 2.75) is 6.92 Å². The van der Waals surface area contributed by atoms with Gasteiger partial charge in [0.15, 0.2) is 5.82 Å². The fourth-order valence-corrected chi connectivity index (χ4v) is 3.56. The molecule has 1 N–H and O–H groups in total. The maximum atomic E-state index is 5.71. The van der Waals surface area contributed by atoms with Gasteiger partial charge in [0.25, 0.3) is 0 Å². The zero-order chi connectivity index (χ0) is 16.5. The van der Waals surface area contributed by atoms with Crippen LogP contribution in [0.5, 0.6) is 5.88 Å². The number of nitrogens with zero attached hydrogens (tertiary/aromatic N) is 5. The maximum absolute atomic E-state index is 5.71. The van der Waals surface area contributed by atoms with E-state index in [0.29, 0.717) is 18.3 Å². The predicted octanol–water partition coefficient (Wildman–Crippen LogP) is 3.12. The Bertz CT molecular complexity index is 1000. The predicted molar refractivity (Wildman–Crippen MR) is 92.1 cm³/mol. The number of hydrogen-bond acceptors (Lipinski definition) is 6. The summed E-state index contributed by atoms with van der Waals surface area (Å²) in [5.74, 6) is 1.15. The molecule has 0 aliphatic carbocycles. The summed E-state index contributed by atoms with van der Waals surface area (Å²) in [6.07, 6.45) is 5.07. The Kier molecular flexibility index (Phi) is 3.58. The summed E-state index contributed by atoms with van der Waals surface area (Å²) in [7, 11) is 0. The molecule has 7 nitrogen and oxygen atoms in total. The molecule has 0 bridgehead atoms. The minimum atomic E-state index is 0.373. The summed E-state index contributed by atoms with van der Waals surface area (Å²) in [6, 6.07) is 5.96. The average Bonchev–Trinajstić information content (AvgIpc) is 3.29. The molecule has 120 valence electrons. The molecule has 0 saturated heterocycles. The fourth-order valence-electron chi connectivity index (χ4n) is 2.49. The fraction of sp³-hybridized carbons (Fsp3) is 0.125. The minimum absolute atomic E-state index is 0.373. The Morgan fingerprint density at radius 2 is 2.33 bits per heavy atom. The molecule has 4 aromatic heterocycles. The monoisotopic (exact) mass is 338 g/mol. The molecule has 0 saturated carbocycles. The van der Waals surface area contributed by atoms with E-state index in [1.54, 1.807) is 6.08 Å². The van der Waals surface area contributed by atoms with E-state index in [-0.39, 0.29) is 0 Å². The van der Waals surface area contributed by atoms with E-state index in [9.17, 15) is 0 Å². The highest BCUT2D eigenvalue weighted by atomic mass is 32.1. The van der Waals surface area contributed by atoms with Gasteiger partial charge in [-0.1, -0.05) is 18.7 Å². The topological polar surface area (TPSA) is 81.0 Å². The highest BCUT2D eigenvalue weighted by molar-refractivity contribution is 7.18. The molecule has 8 heteroatoms. The van der Waals surface area contributed by atoms with Crippen molar-refractivity contribution in [2.24, 2.45) is 0 Å². The summed E-state index contributed by atoms with van der Waals surface area (Å²) in [5, 5.41) is 12.1. The molecule has 4 heterocycles. The number of nitrogens with one attached hydrogen (secondary N) is 1. The third-order valence-electron chi connectivity index (χ3n) is 3.49. The van der Waals surface area contributed by atoms with Crippen LogP contribution in [-0.4, -0.2) is 36.4 Å². The van der Waals surface area contributed by atoms with Crippen LogP contribution in [0.2, 0.25) is 0 Å². The van der Waals surface area contributed by atoms with E-state index in [1.807, 2.05) is 35.8 Å². The van der Waals surface area contributed by atoms with Gasteiger partial charge in [-0.25, -0.2) is 14.5 Å². The number of hydrogen-bond donors (Lipinski definition) is 1. The lowest BCUT2D eigenvalue weighted by Crippen LogP contribution is -1.95. The highest BCUT2D eigenvalue weighted by Crippen LogP contribution is 2.40. The van der Waals surface area contributed by atoms with Gasteiger partial charge in [0.05, 0.1) is 16.8 Å². The number of thiazole rings is 1. The number of ether oxygens (including phenoxy) is 1. The van der Waals surface area contributed by atoms with Gasteiger partial charge in [-0.2, -0.15) is 10.2 Å². The van der Waals surface area contributed by atoms with Crippen molar-refractivity contribution in [1.82, 2.24) is 29.8 Å². The molecule has 24 heavy (non-hydrogen) atoms. The molecule has 0 aromatic carbocycles. The molecule has 0 spiro atoms. The van der Waals surface area contributed by atoms with E-state index in [1.165, 1.54) is 17.7 Å². The molecule has 4 rings (SSSR count). The van der Waals surface area contributed by atoms with Crippen LogP contribution < -0.4 is 4.74 Å². The third kappa shape index (κ3) is 2.37. The van der Waals surface area contributed by atoms with Gasteiger partial charge in [0.2, 0.25) is 5.88 Å². The van der Waals surface area contributed by atoms with Crippen molar-refractivity contribution in [2.75, 3.05) is 6.61 Å². The summed E-state index contributed by atoms with van der Waals surface area (Å²) in [5.41, 5.74) is 2.91. The number of aryl methyl sites for hydroxylation is 1. The van der Waals surface area contributed by atoms with Crippen molar-refractivity contribution < 1.29 is 4.74 Å². The lowest BCUT2D eigenvalue weighted by molar-refractivity contribution is 0.352. The second kappa shape index (κ2) is 5.89. The second-order valence-electron chi connectivity index (χ2n) is 5.08. The molecule has 0 atom stereocenters. The Hall–Kier alpha value is -3.00. The van der Waals surface area contributed by atoms with Crippen molar-refractivity contribution in [3.8, 4) is 27.2 Å². The highest BCUT2D eigenvalue weighted by Gasteiger charge is 2.21. The number of pyridine rings is 1. The van der Waals surface area contributed by atoms with Crippen LogP contribution in [0.3, 0.4) is 0 Å². The number of fused-ring (bicyclic) bond motifs is 1. The maximum Gasteiger partial charge on any atom is 0.236 e. The molecule has 0 radical (unpaired) electrons. The summed E-state index contributed by atoms with van der Waals surface area (Å²) < 4.78 is 7.56.